The Bertz CT molecular complexity index is 723. The average Bonchev–Trinajstić information content (AvgIpc) is 3.19. The SMILES string of the molecule is O=S(=O)(/C=C/c1ccccc1)N1CCN(C(=S)NCC2CCCO2)CC1. The largest absolute Gasteiger partial charge is 0.376 e. The lowest BCUT2D eigenvalue weighted by molar-refractivity contribution is 0.113. The molecule has 2 aliphatic rings. The molecule has 2 fully saturated rings. The maximum absolute atomic E-state index is 12.5. The Hall–Kier alpha value is -1.48. The molecule has 0 aromatic heterocycles. The molecule has 0 aliphatic carbocycles. The summed E-state index contributed by atoms with van der Waals surface area (Å²) in [6, 6.07) is 9.43. The average molecular weight is 396 g/mol. The van der Waals surface area contributed by atoms with Crippen molar-refractivity contribution in [1.82, 2.24) is 14.5 Å². The van der Waals surface area contributed by atoms with Gasteiger partial charge < -0.3 is 15.0 Å². The van der Waals surface area contributed by atoms with E-state index in [0.29, 0.717) is 31.3 Å². The first-order valence-electron chi connectivity index (χ1n) is 8.92. The van der Waals surface area contributed by atoms with Crippen LogP contribution in [0.2, 0.25) is 0 Å². The number of sulfonamides is 1. The van der Waals surface area contributed by atoms with Gasteiger partial charge in [0, 0.05) is 44.7 Å². The summed E-state index contributed by atoms with van der Waals surface area (Å²) >= 11 is 5.43. The molecule has 0 spiro atoms. The highest BCUT2D eigenvalue weighted by Crippen LogP contribution is 2.13. The van der Waals surface area contributed by atoms with Crippen LogP contribution in [0.1, 0.15) is 18.4 Å². The first-order chi connectivity index (χ1) is 12.5. The topological polar surface area (TPSA) is 61.9 Å². The highest BCUT2D eigenvalue weighted by Gasteiger charge is 2.26. The lowest BCUT2D eigenvalue weighted by atomic mass is 10.2. The predicted octanol–water partition coefficient (Wildman–Crippen LogP) is 1.66. The summed E-state index contributed by atoms with van der Waals surface area (Å²) in [5, 5.41) is 5.21. The Kier molecular flexibility index (Phi) is 6.63. The summed E-state index contributed by atoms with van der Waals surface area (Å²) in [5.74, 6) is 0. The van der Waals surface area contributed by atoms with Crippen molar-refractivity contribution >= 4 is 33.4 Å². The van der Waals surface area contributed by atoms with Gasteiger partial charge in [0.2, 0.25) is 10.0 Å². The summed E-state index contributed by atoms with van der Waals surface area (Å²) in [6.07, 6.45) is 4.04. The smallest absolute Gasteiger partial charge is 0.236 e. The van der Waals surface area contributed by atoms with Crippen molar-refractivity contribution in [3.63, 3.8) is 0 Å². The van der Waals surface area contributed by atoms with Gasteiger partial charge in [-0.1, -0.05) is 30.3 Å². The minimum absolute atomic E-state index is 0.234. The second-order valence-electron chi connectivity index (χ2n) is 6.47. The fraction of sp³-hybridized carbons (Fsp3) is 0.500. The lowest BCUT2D eigenvalue weighted by Crippen LogP contribution is -2.53. The maximum Gasteiger partial charge on any atom is 0.236 e. The van der Waals surface area contributed by atoms with Crippen LogP contribution in [0.25, 0.3) is 6.08 Å². The van der Waals surface area contributed by atoms with Crippen LogP contribution >= 0.6 is 12.2 Å². The van der Waals surface area contributed by atoms with E-state index in [4.69, 9.17) is 17.0 Å². The number of benzene rings is 1. The van der Waals surface area contributed by atoms with E-state index in [1.165, 1.54) is 9.71 Å². The Morgan fingerprint density at radius 3 is 2.62 bits per heavy atom. The number of hydrogen-bond acceptors (Lipinski definition) is 4. The van der Waals surface area contributed by atoms with E-state index in [1.54, 1.807) is 6.08 Å². The normalized spacial score (nSPS) is 22.0. The molecule has 1 N–H and O–H groups in total. The molecule has 1 unspecified atom stereocenters. The van der Waals surface area contributed by atoms with Crippen LogP contribution in [-0.2, 0) is 14.8 Å². The Morgan fingerprint density at radius 1 is 1.23 bits per heavy atom. The van der Waals surface area contributed by atoms with Crippen molar-refractivity contribution in [3.05, 3.63) is 41.3 Å². The van der Waals surface area contributed by atoms with E-state index >= 15 is 0 Å². The zero-order valence-electron chi connectivity index (χ0n) is 14.7. The number of hydrogen-bond donors (Lipinski definition) is 1. The molecule has 2 heterocycles. The number of ether oxygens (including phenoxy) is 1. The van der Waals surface area contributed by atoms with E-state index in [-0.39, 0.29) is 6.10 Å². The quantitative estimate of drug-likeness (QED) is 0.765. The van der Waals surface area contributed by atoms with Crippen molar-refractivity contribution in [1.29, 1.82) is 0 Å². The first kappa shape index (κ1) is 19.3. The van der Waals surface area contributed by atoms with Gasteiger partial charge in [0.15, 0.2) is 5.11 Å². The zero-order valence-corrected chi connectivity index (χ0v) is 16.3. The lowest BCUT2D eigenvalue weighted by Gasteiger charge is -2.35. The monoisotopic (exact) mass is 395 g/mol. The highest BCUT2D eigenvalue weighted by molar-refractivity contribution is 7.92. The van der Waals surface area contributed by atoms with E-state index in [2.05, 4.69) is 5.32 Å². The van der Waals surface area contributed by atoms with Crippen molar-refractivity contribution in [3.8, 4) is 0 Å². The van der Waals surface area contributed by atoms with E-state index in [9.17, 15) is 8.42 Å². The Morgan fingerprint density at radius 2 is 1.96 bits per heavy atom. The van der Waals surface area contributed by atoms with E-state index < -0.39 is 10.0 Å². The van der Waals surface area contributed by atoms with Crippen LogP contribution < -0.4 is 5.32 Å². The molecule has 0 bridgehead atoms. The van der Waals surface area contributed by atoms with Crippen molar-refractivity contribution < 1.29 is 13.2 Å². The Balaban J connectivity index is 1.47. The van der Waals surface area contributed by atoms with Crippen molar-refractivity contribution in [2.45, 2.75) is 18.9 Å². The molecular formula is C18H25N3O3S2. The van der Waals surface area contributed by atoms with Crippen LogP contribution in [-0.4, -0.2) is 68.2 Å². The summed E-state index contributed by atoms with van der Waals surface area (Å²) in [4.78, 5) is 2.03. The minimum Gasteiger partial charge on any atom is -0.376 e. The predicted molar refractivity (Wildman–Crippen MR) is 107 cm³/mol. The second-order valence-corrected chi connectivity index (χ2v) is 8.67. The van der Waals surface area contributed by atoms with Gasteiger partial charge in [0.05, 0.1) is 6.10 Å². The van der Waals surface area contributed by atoms with Crippen LogP contribution in [0.5, 0.6) is 0 Å². The van der Waals surface area contributed by atoms with E-state index in [1.807, 2.05) is 35.2 Å². The summed E-state index contributed by atoms with van der Waals surface area (Å²) in [5.41, 5.74) is 0.870. The third kappa shape index (κ3) is 5.26. The molecular weight excluding hydrogens is 370 g/mol. The second kappa shape index (κ2) is 8.94. The molecule has 1 aromatic carbocycles. The number of piperazine rings is 1. The third-order valence-electron chi connectivity index (χ3n) is 4.62. The molecule has 2 saturated heterocycles. The zero-order chi connectivity index (χ0) is 18.4. The molecule has 1 aromatic rings. The van der Waals surface area contributed by atoms with Gasteiger partial charge in [0.25, 0.3) is 0 Å². The van der Waals surface area contributed by atoms with Gasteiger partial charge in [-0.25, -0.2) is 8.42 Å². The molecule has 142 valence electrons. The Labute approximate surface area is 160 Å². The van der Waals surface area contributed by atoms with E-state index in [0.717, 1.165) is 31.6 Å². The molecule has 2 aliphatic heterocycles. The van der Waals surface area contributed by atoms with Gasteiger partial charge in [-0.2, -0.15) is 4.31 Å². The van der Waals surface area contributed by atoms with Crippen LogP contribution in [0.15, 0.2) is 35.7 Å². The third-order valence-corrected chi connectivity index (χ3v) is 6.59. The van der Waals surface area contributed by atoms with Gasteiger partial charge >= 0.3 is 0 Å². The van der Waals surface area contributed by atoms with Gasteiger partial charge in [0.1, 0.15) is 0 Å². The molecule has 3 rings (SSSR count). The molecule has 8 heteroatoms. The molecule has 0 saturated carbocycles. The molecule has 0 radical (unpaired) electrons. The number of rotatable bonds is 5. The summed E-state index contributed by atoms with van der Waals surface area (Å²) < 4.78 is 32.1. The number of nitrogens with zero attached hydrogens (tertiary/aromatic N) is 2. The van der Waals surface area contributed by atoms with Crippen molar-refractivity contribution in [2.75, 3.05) is 39.3 Å². The minimum atomic E-state index is -3.41. The fourth-order valence-electron chi connectivity index (χ4n) is 3.08. The van der Waals surface area contributed by atoms with Gasteiger partial charge in [-0.15, -0.1) is 0 Å². The van der Waals surface area contributed by atoms with Crippen LogP contribution in [0.4, 0.5) is 0 Å². The van der Waals surface area contributed by atoms with Crippen LogP contribution in [0, 0.1) is 0 Å². The fourth-order valence-corrected chi connectivity index (χ4v) is 4.52. The molecule has 26 heavy (non-hydrogen) atoms. The first-order valence-corrected chi connectivity index (χ1v) is 10.8. The molecule has 0 amide bonds. The summed E-state index contributed by atoms with van der Waals surface area (Å²) in [6.45, 7) is 3.60. The molecule has 6 nitrogen and oxygen atoms in total. The van der Waals surface area contributed by atoms with Gasteiger partial charge in [-0.3, -0.25) is 0 Å². The standard InChI is InChI=1S/C18H25N3O3S2/c22-26(23,14-8-16-5-2-1-3-6-16)21-11-9-20(10-12-21)18(25)19-15-17-7-4-13-24-17/h1-3,5-6,8,14,17H,4,7,9-13,15H2,(H,19,25)/b14-8+. The van der Waals surface area contributed by atoms with Gasteiger partial charge in [-0.05, 0) is 36.7 Å². The number of thiocarbonyl (C=S) groups is 1. The highest BCUT2D eigenvalue weighted by atomic mass is 32.2. The maximum atomic E-state index is 12.5. The summed E-state index contributed by atoms with van der Waals surface area (Å²) in [7, 11) is -3.41. The molecule has 1 atom stereocenters. The number of nitrogens with one attached hydrogen (secondary N) is 1. The van der Waals surface area contributed by atoms with Crippen molar-refractivity contribution in [2.24, 2.45) is 0 Å². The van der Waals surface area contributed by atoms with Crippen LogP contribution in [0.3, 0.4) is 0 Å².